The summed E-state index contributed by atoms with van der Waals surface area (Å²) in [7, 11) is 1.41. The molecule has 3 nitrogen and oxygen atoms in total. The minimum Gasteiger partial charge on any atom is -0.388 e. The summed E-state index contributed by atoms with van der Waals surface area (Å²) in [5.41, 5.74) is -0.872. The monoisotopic (exact) mass is 320 g/mol. The highest BCUT2D eigenvalue weighted by molar-refractivity contribution is 7.99. The zero-order valence-electron chi connectivity index (χ0n) is 12.2. The minimum atomic E-state index is -4.50. The number of rotatable bonds is 6. The predicted molar refractivity (Wildman–Crippen MR) is 80.9 cm³/mol. The van der Waals surface area contributed by atoms with Crippen molar-refractivity contribution in [1.82, 2.24) is 5.32 Å². The number of thioether (sulfide) groups is 1. The minimum absolute atomic E-state index is 0.0122. The third-order valence-electron chi connectivity index (χ3n) is 3.10. The summed E-state index contributed by atoms with van der Waals surface area (Å²) in [6.07, 6.45) is -1.76. The number of hydrogen-bond donors (Lipinski definition) is 2. The highest BCUT2D eigenvalue weighted by atomic mass is 32.2. The van der Waals surface area contributed by atoms with Crippen LogP contribution in [0.3, 0.4) is 0 Å². The van der Waals surface area contributed by atoms with Crippen LogP contribution in [0.15, 0.2) is 18.2 Å². The normalized spacial score (nSPS) is 12.9. The lowest BCUT2D eigenvalue weighted by molar-refractivity contribution is -0.136. The molecule has 0 heterocycles. The first-order valence-corrected chi connectivity index (χ1v) is 7.78. The Morgan fingerprint density at radius 1 is 1.38 bits per heavy atom. The van der Waals surface area contributed by atoms with Gasteiger partial charge in [0.15, 0.2) is 0 Å². The van der Waals surface area contributed by atoms with Crippen molar-refractivity contribution >= 4 is 23.4 Å². The van der Waals surface area contributed by atoms with Gasteiger partial charge in [-0.1, -0.05) is 6.92 Å². The summed E-state index contributed by atoms with van der Waals surface area (Å²) in [6, 6.07) is 3.52. The van der Waals surface area contributed by atoms with Crippen LogP contribution in [0.4, 0.5) is 18.9 Å². The van der Waals surface area contributed by atoms with Gasteiger partial charge in [-0.2, -0.15) is 24.9 Å². The van der Waals surface area contributed by atoms with E-state index in [-0.39, 0.29) is 11.3 Å². The van der Waals surface area contributed by atoms with Gasteiger partial charge >= 0.3 is 6.18 Å². The Morgan fingerprint density at radius 3 is 2.57 bits per heavy atom. The molecule has 1 unspecified atom stereocenters. The fourth-order valence-corrected chi connectivity index (χ4v) is 2.10. The van der Waals surface area contributed by atoms with Crippen molar-refractivity contribution in [2.24, 2.45) is 0 Å². The van der Waals surface area contributed by atoms with Crippen molar-refractivity contribution in [2.45, 2.75) is 24.8 Å². The maximum Gasteiger partial charge on any atom is 0.418 e. The van der Waals surface area contributed by atoms with Crippen molar-refractivity contribution in [3.05, 3.63) is 29.3 Å². The second-order valence-electron chi connectivity index (χ2n) is 4.60. The molecule has 1 aromatic rings. The summed E-state index contributed by atoms with van der Waals surface area (Å²) in [6.45, 7) is 2.47. The van der Waals surface area contributed by atoms with Crippen molar-refractivity contribution in [2.75, 3.05) is 25.2 Å². The van der Waals surface area contributed by atoms with Gasteiger partial charge in [0, 0.05) is 30.1 Å². The Balaban J connectivity index is 2.82. The fraction of sp³-hybridized carbons (Fsp3) is 0.500. The van der Waals surface area contributed by atoms with E-state index in [9.17, 15) is 18.0 Å². The van der Waals surface area contributed by atoms with Crippen LogP contribution in [0.1, 0.15) is 29.3 Å². The van der Waals surface area contributed by atoms with E-state index >= 15 is 0 Å². The van der Waals surface area contributed by atoms with Gasteiger partial charge in [-0.05, 0) is 30.9 Å². The van der Waals surface area contributed by atoms with Crippen LogP contribution in [-0.4, -0.2) is 31.0 Å². The van der Waals surface area contributed by atoms with Crippen LogP contribution < -0.4 is 10.6 Å². The lowest BCUT2D eigenvalue weighted by Crippen LogP contribution is -2.26. The van der Waals surface area contributed by atoms with Gasteiger partial charge in [0.25, 0.3) is 5.91 Å². The number of benzene rings is 1. The molecule has 0 saturated heterocycles. The molecule has 1 rings (SSSR count). The Kier molecular flexibility index (Phi) is 6.39. The van der Waals surface area contributed by atoms with Crippen LogP contribution in [-0.2, 0) is 6.18 Å². The van der Waals surface area contributed by atoms with Gasteiger partial charge in [-0.15, -0.1) is 0 Å². The number of halogens is 3. The van der Waals surface area contributed by atoms with Crippen molar-refractivity contribution in [3.63, 3.8) is 0 Å². The van der Waals surface area contributed by atoms with Crippen LogP contribution in [0.25, 0.3) is 0 Å². The molecule has 0 fully saturated rings. The zero-order valence-corrected chi connectivity index (χ0v) is 13.0. The molecule has 1 aromatic carbocycles. The summed E-state index contributed by atoms with van der Waals surface area (Å²) < 4.78 is 38.7. The Morgan fingerprint density at radius 2 is 2.05 bits per heavy atom. The van der Waals surface area contributed by atoms with E-state index in [4.69, 9.17) is 0 Å². The SMILES string of the molecule is CNc1ccc(C(=O)NCCC(C)SC)cc1C(F)(F)F. The van der Waals surface area contributed by atoms with Gasteiger partial charge < -0.3 is 10.6 Å². The van der Waals surface area contributed by atoms with Crippen molar-refractivity contribution in [3.8, 4) is 0 Å². The smallest absolute Gasteiger partial charge is 0.388 e. The maximum absolute atomic E-state index is 12.9. The summed E-state index contributed by atoms with van der Waals surface area (Å²) in [5, 5.41) is 5.51. The van der Waals surface area contributed by atoms with Gasteiger partial charge in [0.2, 0.25) is 0 Å². The molecular formula is C14H19F3N2OS. The zero-order chi connectivity index (χ0) is 16.0. The summed E-state index contributed by atoms with van der Waals surface area (Å²) >= 11 is 1.67. The molecule has 0 aliphatic carbocycles. The van der Waals surface area contributed by atoms with Crippen LogP contribution >= 0.6 is 11.8 Å². The van der Waals surface area contributed by atoms with E-state index in [0.717, 1.165) is 12.5 Å². The van der Waals surface area contributed by atoms with Gasteiger partial charge in [0.05, 0.1) is 5.56 Å². The van der Waals surface area contributed by atoms with Gasteiger partial charge in [-0.3, -0.25) is 4.79 Å². The standard InChI is InChI=1S/C14H19F3N2OS/c1-9(21-3)6-7-19-13(20)10-4-5-12(18-2)11(8-10)14(15,16)17/h4-5,8-9,18H,6-7H2,1-3H3,(H,19,20). The molecule has 2 N–H and O–H groups in total. The van der Waals surface area contributed by atoms with E-state index in [0.29, 0.717) is 11.8 Å². The Bertz CT molecular complexity index is 492. The molecule has 0 aliphatic heterocycles. The summed E-state index contributed by atoms with van der Waals surface area (Å²) in [5.74, 6) is -0.489. The number of nitrogens with one attached hydrogen (secondary N) is 2. The third-order valence-corrected chi connectivity index (χ3v) is 4.14. The molecule has 7 heteroatoms. The number of alkyl halides is 3. The number of carbonyl (C=O) groups is 1. The quantitative estimate of drug-likeness (QED) is 0.841. The Labute approximate surface area is 126 Å². The first-order valence-electron chi connectivity index (χ1n) is 6.49. The van der Waals surface area contributed by atoms with Crippen molar-refractivity contribution in [1.29, 1.82) is 0 Å². The van der Waals surface area contributed by atoms with E-state index < -0.39 is 17.6 Å². The first kappa shape index (κ1) is 17.7. The van der Waals surface area contributed by atoms with E-state index in [1.807, 2.05) is 13.2 Å². The van der Waals surface area contributed by atoms with Gasteiger partial charge in [-0.25, -0.2) is 0 Å². The second-order valence-corrected chi connectivity index (χ2v) is 5.88. The fourth-order valence-electron chi connectivity index (χ4n) is 1.75. The van der Waals surface area contributed by atoms with E-state index in [1.165, 1.54) is 19.2 Å². The molecule has 0 radical (unpaired) electrons. The molecule has 0 aromatic heterocycles. The molecule has 0 bridgehead atoms. The molecular weight excluding hydrogens is 301 g/mol. The topological polar surface area (TPSA) is 41.1 Å². The Hall–Kier alpha value is -1.37. The van der Waals surface area contributed by atoms with Crippen LogP contribution in [0.2, 0.25) is 0 Å². The molecule has 1 amide bonds. The average Bonchev–Trinajstić information content (AvgIpc) is 2.45. The first-order chi connectivity index (χ1) is 9.79. The number of carbonyl (C=O) groups excluding carboxylic acids is 1. The molecule has 0 aliphatic rings. The van der Waals surface area contributed by atoms with Crippen LogP contribution in [0, 0.1) is 0 Å². The molecule has 1 atom stereocenters. The highest BCUT2D eigenvalue weighted by Gasteiger charge is 2.34. The van der Waals surface area contributed by atoms with E-state index in [2.05, 4.69) is 10.6 Å². The largest absolute Gasteiger partial charge is 0.418 e. The number of amides is 1. The average molecular weight is 320 g/mol. The van der Waals surface area contributed by atoms with Gasteiger partial charge in [0.1, 0.15) is 0 Å². The number of anilines is 1. The second kappa shape index (κ2) is 7.59. The summed E-state index contributed by atoms with van der Waals surface area (Å²) in [4.78, 5) is 11.9. The number of hydrogen-bond acceptors (Lipinski definition) is 3. The third kappa shape index (κ3) is 5.15. The van der Waals surface area contributed by atoms with Crippen molar-refractivity contribution < 1.29 is 18.0 Å². The highest BCUT2D eigenvalue weighted by Crippen LogP contribution is 2.35. The lowest BCUT2D eigenvalue weighted by Gasteiger charge is -2.14. The molecule has 0 spiro atoms. The van der Waals surface area contributed by atoms with E-state index in [1.54, 1.807) is 11.8 Å². The lowest BCUT2D eigenvalue weighted by atomic mass is 10.1. The predicted octanol–water partition coefficient (Wildman–Crippen LogP) is 3.62. The molecule has 118 valence electrons. The van der Waals surface area contributed by atoms with Crippen LogP contribution in [0.5, 0.6) is 0 Å². The molecule has 21 heavy (non-hydrogen) atoms. The molecule has 0 saturated carbocycles. The maximum atomic E-state index is 12.9.